The van der Waals surface area contributed by atoms with Gasteiger partial charge in [-0.1, -0.05) is 24.3 Å². The molecular weight excluding hydrogens is 422 g/mol. The Balaban J connectivity index is 0.000000331. The molecule has 4 rings (SSSR count). The summed E-state index contributed by atoms with van der Waals surface area (Å²) in [6.45, 7) is 4.69. The Hall–Kier alpha value is -3.78. The largest absolute Gasteiger partial charge is 0.478 e. The molecule has 2 heterocycles. The maximum atomic E-state index is 11.9. The third-order valence-electron chi connectivity index (χ3n) is 5.60. The van der Waals surface area contributed by atoms with Crippen LogP contribution in [0.3, 0.4) is 0 Å². The van der Waals surface area contributed by atoms with E-state index in [0.717, 1.165) is 30.1 Å². The van der Waals surface area contributed by atoms with Crippen molar-refractivity contribution in [3.8, 4) is 5.69 Å². The molecule has 0 radical (unpaired) electrons. The topological polar surface area (TPSA) is 113 Å². The lowest BCUT2D eigenvalue weighted by Gasteiger charge is -2.20. The predicted molar refractivity (Wildman–Crippen MR) is 126 cm³/mol. The minimum absolute atomic E-state index is 0.113. The third-order valence-corrected chi connectivity index (χ3v) is 5.60. The standard InChI is InChI=1S/C21H23N3O.C4H4O4/c1-16-4-3-12-23(16)13-10-17-6-7-19-15-20(9-8-18(19)14-17)24-21(25)5-2-11-22-24;5-3(6)1-2-4(7)8/h2,5-9,11,14-16H,3-4,10,12-13H2,1H3;1-2H,(H,5,6)(H,7,8)/t16-;/m1./s1. The molecule has 0 unspecified atom stereocenters. The summed E-state index contributed by atoms with van der Waals surface area (Å²) < 4.78 is 1.43. The Morgan fingerprint density at radius 2 is 1.76 bits per heavy atom. The van der Waals surface area contributed by atoms with Gasteiger partial charge < -0.3 is 15.1 Å². The van der Waals surface area contributed by atoms with E-state index in [2.05, 4.69) is 41.2 Å². The molecular formula is C25H27N3O5. The summed E-state index contributed by atoms with van der Waals surface area (Å²) in [4.78, 5) is 33.6. The van der Waals surface area contributed by atoms with Gasteiger partial charge in [0.25, 0.3) is 5.56 Å². The zero-order valence-corrected chi connectivity index (χ0v) is 18.4. The third kappa shape index (κ3) is 6.85. The summed E-state index contributed by atoms with van der Waals surface area (Å²) in [6.07, 6.45) is 6.49. The second-order valence-corrected chi connectivity index (χ2v) is 7.93. The summed E-state index contributed by atoms with van der Waals surface area (Å²) in [5.41, 5.74) is 2.06. The average Bonchev–Trinajstić information content (AvgIpc) is 3.21. The first-order valence-corrected chi connectivity index (χ1v) is 10.8. The number of benzene rings is 2. The van der Waals surface area contributed by atoms with Gasteiger partial charge in [-0.15, -0.1) is 0 Å². The van der Waals surface area contributed by atoms with Crippen LogP contribution < -0.4 is 5.56 Å². The highest BCUT2D eigenvalue weighted by molar-refractivity contribution is 5.89. The van der Waals surface area contributed by atoms with E-state index in [1.54, 1.807) is 12.3 Å². The smallest absolute Gasteiger partial charge is 0.328 e. The summed E-state index contributed by atoms with van der Waals surface area (Å²) in [7, 11) is 0. The van der Waals surface area contributed by atoms with E-state index in [9.17, 15) is 14.4 Å². The Labute approximate surface area is 191 Å². The van der Waals surface area contributed by atoms with Crippen molar-refractivity contribution in [1.82, 2.24) is 14.7 Å². The van der Waals surface area contributed by atoms with E-state index in [4.69, 9.17) is 10.2 Å². The summed E-state index contributed by atoms with van der Waals surface area (Å²) >= 11 is 0. The minimum atomic E-state index is -1.26. The molecule has 8 heteroatoms. The van der Waals surface area contributed by atoms with Crippen molar-refractivity contribution in [2.45, 2.75) is 32.2 Å². The van der Waals surface area contributed by atoms with Gasteiger partial charge in [-0.3, -0.25) is 4.79 Å². The Kier molecular flexibility index (Phi) is 8.10. The molecule has 0 spiro atoms. The zero-order chi connectivity index (χ0) is 23.8. The van der Waals surface area contributed by atoms with Crippen LogP contribution in [0.4, 0.5) is 0 Å². The molecule has 0 amide bonds. The summed E-state index contributed by atoms with van der Waals surface area (Å²) in [6, 6.07) is 16.6. The van der Waals surface area contributed by atoms with Gasteiger partial charge in [-0.25, -0.2) is 9.59 Å². The van der Waals surface area contributed by atoms with E-state index in [1.165, 1.54) is 41.1 Å². The van der Waals surface area contributed by atoms with E-state index in [-0.39, 0.29) is 5.56 Å². The van der Waals surface area contributed by atoms with E-state index < -0.39 is 11.9 Å². The van der Waals surface area contributed by atoms with E-state index in [1.807, 2.05) is 12.1 Å². The lowest BCUT2D eigenvalue weighted by atomic mass is 10.0. The van der Waals surface area contributed by atoms with Gasteiger partial charge in [0.05, 0.1) is 5.69 Å². The fraction of sp³-hybridized carbons (Fsp3) is 0.280. The number of carbonyl (C=O) groups is 2. The average molecular weight is 450 g/mol. The number of aromatic nitrogens is 2. The molecule has 1 aliphatic heterocycles. The number of hydrogen-bond acceptors (Lipinski definition) is 5. The van der Waals surface area contributed by atoms with Crippen molar-refractivity contribution in [3.63, 3.8) is 0 Å². The number of fused-ring (bicyclic) bond motifs is 1. The molecule has 172 valence electrons. The molecule has 1 atom stereocenters. The highest BCUT2D eigenvalue weighted by atomic mass is 16.4. The van der Waals surface area contributed by atoms with Gasteiger partial charge in [0.1, 0.15) is 0 Å². The fourth-order valence-electron chi connectivity index (χ4n) is 3.86. The summed E-state index contributed by atoms with van der Waals surface area (Å²) in [5, 5.41) is 22.1. The molecule has 0 saturated carbocycles. The molecule has 8 nitrogen and oxygen atoms in total. The van der Waals surface area contributed by atoms with Crippen LogP contribution in [0.25, 0.3) is 16.5 Å². The zero-order valence-electron chi connectivity index (χ0n) is 18.4. The predicted octanol–water partition coefficient (Wildman–Crippen LogP) is 3.12. The second-order valence-electron chi connectivity index (χ2n) is 7.93. The Morgan fingerprint density at radius 3 is 2.39 bits per heavy atom. The second kappa shape index (κ2) is 11.2. The lowest BCUT2D eigenvalue weighted by Crippen LogP contribution is -2.28. The number of rotatable bonds is 6. The minimum Gasteiger partial charge on any atom is -0.478 e. The number of hydrogen-bond donors (Lipinski definition) is 2. The van der Waals surface area contributed by atoms with Crippen molar-refractivity contribution in [3.05, 3.63) is 82.8 Å². The molecule has 1 aliphatic rings. The van der Waals surface area contributed by atoms with Crippen molar-refractivity contribution in [1.29, 1.82) is 0 Å². The highest BCUT2D eigenvalue weighted by Crippen LogP contribution is 2.21. The first-order valence-electron chi connectivity index (χ1n) is 10.8. The van der Waals surface area contributed by atoms with Crippen LogP contribution in [0.15, 0.2) is 71.7 Å². The number of aliphatic carboxylic acids is 2. The van der Waals surface area contributed by atoms with E-state index in [0.29, 0.717) is 12.2 Å². The Bertz CT molecular complexity index is 1200. The SMILES string of the molecule is C[C@@H]1CCCN1CCc1ccc2cc(-n3ncccc3=O)ccc2c1.O=C(O)C=CC(=O)O. The first-order chi connectivity index (χ1) is 15.8. The molecule has 2 N–H and O–H groups in total. The molecule has 3 aromatic rings. The van der Waals surface area contributed by atoms with E-state index >= 15 is 0 Å². The van der Waals surface area contributed by atoms with Crippen LogP contribution in [0.1, 0.15) is 25.3 Å². The Morgan fingerprint density at radius 1 is 1.06 bits per heavy atom. The molecule has 2 aromatic carbocycles. The van der Waals surface area contributed by atoms with Crippen molar-refractivity contribution in [2.75, 3.05) is 13.1 Å². The van der Waals surface area contributed by atoms with Crippen LogP contribution in [-0.2, 0) is 16.0 Å². The van der Waals surface area contributed by atoms with Gasteiger partial charge in [0.15, 0.2) is 0 Å². The van der Waals surface area contributed by atoms with Crippen LogP contribution in [0, 0.1) is 0 Å². The van der Waals surface area contributed by atoms with Crippen LogP contribution >= 0.6 is 0 Å². The van der Waals surface area contributed by atoms with Gasteiger partial charge in [0, 0.05) is 37.0 Å². The quantitative estimate of drug-likeness (QED) is 0.556. The maximum absolute atomic E-state index is 11.9. The molecule has 0 bridgehead atoms. The van der Waals surface area contributed by atoms with Gasteiger partial charge >= 0.3 is 11.9 Å². The van der Waals surface area contributed by atoms with Crippen LogP contribution in [0.5, 0.6) is 0 Å². The first kappa shape index (κ1) is 23.9. The molecule has 1 saturated heterocycles. The fourth-order valence-corrected chi connectivity index (χ4v) is 3.86. The monoisotopic (exact) mass is 449 g/mol. The van der Waals surface area contributed by atoms with Crippen molar-refractivity contribution >= 4 is 22.7 Å². The molecule has 0 aliphatic carbocycles. The summed E-state index contributed by atoms with van der Waals surface area (Å²) in [5.74, 6) is -2.51. The van der Waals surface area contributed by atoms with Gasteiger partial charge in [0.2, 0.25) is 0 Å². The number of carboxylic acid groups (broad SMARTS) is 2. The number of likely N-dealkylation sites (tertiary alicyclic amines) is 1. The molecule has 1 fully saturated rings. The number of carboxylic acids is 2. The van der Waals surface area contributed by atoms with Crippen molar-refractivity contribution < 1.29 is 19.8 Å². The highest BCUT2D eigenvalue weighted by Gasteiger charge is 2.19. The van der Waals surface area contributed by atoms with Crippen molar-refractivity contribution in [2.24, 2.45) is 0 Å². The van der Waals surface area contributed by atoms with Crippen LogP contribution in [0.2, 0.25) is 0 Å². The molecule has 1 aromatic heterocycles. The lowest BCUT2D eigenvalue weighted by molar-refractivity contribution is -0.134. The van der Waals surface area contributed by atoms with Gasteiger partial charge in [-0.05, 0) is 67.3 Å². The number of nitrogens with zero attached hydrogens (tertiary/aromatic N) is 3. The van der Waals surface area contributed by atoms with Gasteiger partial charge in [-0.2, -0.15) is 9.78 Å². The maximum Gasteiger partial charge on any atom is 0.328 e. The molecule has 33 heavy (non-hydrogen) atoms. The van der Waals surface area contributed by atoms with Crippen LogP contribution in [-0.4, -0.2) is 56.0 Å². The normalized spacial score (nSPS) is 16.0.